The standard InChI is InChI=1S/C26H22N.C20H20NSi.Ir/c1-19-13-15-23(16-14-19)26-17-24(20(2)21-9-5-3-6-10-21)25(18-27-26)22-11-7-4-8-12-22;1-22(2,3)19-12-13-20(21-15-19)18-11-7-10-17(14-18)16-8-5-4-6-9-16;/h3-15,17-18,20H,1-2H3;4-10,12-15H,1-3H3;/q2*-1;. The van der Waals surface area contributed by atoms with E-state index in [2.05, 4.69) is 172 Å². The summed E-state index contributed by atoms with van der Waals surface area (Å²) in [5, 5.41) is 1.38. The van der Waals surface area contributed by atoms with E-state index in [9.17, 15) is 0 Å². The van der Waals surface area contributed by atoms with E-state index < -0.39 is 8.07 Å². The molecular weight excluding hydrogens is 801 g/mol. The minimum atomic E-state index is -1.29. The van der Waals surface area contributed by atoms with Crippen molar-refractivity contribution in [2.24, 2.45) is 0 Å². The van der Waals surface area contributed by atoms with Crippen molar-refractivity contribution < 1.29 is 20.1 Å². The fourth-order valence-corrected chi connectivity index (χ4v) is 6.88. The van der Waals surface area contributed by atoms with Gasteiger partial charge < -0.3 is 9.97 Å². The van der Waals surface area contributed by atoms with Gasteiger partial charge in [-0.2, -0.15) is 0 Å². The van der Waals surface area contributed by atoms with E-state index in [0.717, 1.165) is 22.5 Å². The maximum absolute atomic E-state index is 4.76. The van der Waals surface area contributed by atoms with Crippen LogP contribution in [0.2, 0.25) is 19.6 Å². The van der Waals surface area contributed by atoms with Gasteiger partial charge in [-0.25, -0.2) is 0 Å². The molecule has 7 aromatic rings. The molecule has 4 heteroatoms. The van der Waals surface area contributed by atoms with Crippen LogP contribution >= 0.6 is 0 Å². The molecule has 0 bridgehead atoms. The molecule has 0 aliphatic rings. The number of rotatable bonds is 7. The van der Waals surface area contributed by atoms with Gasteiger partial charge in [0.1, 0.15) is 0 Å². The van der Waals surface area contributed by atoms with Gasteiger partial charge in [-0.15, -0.1) is 70.8 Å². The minimum absolute atomic E-state index is 0. The first-order valence-corrected chi connectivity index (χ1v) is 20.4. The summed E-state index contributed by atoms with van der Waals surface area (Å²) >= 11 is 0. The summed E-state index contributed by atoms with van der Waals surface area (Å²) in [5.41, 5.74) is 12.6. The van der Waals surface area contributed by atoms with Crippen molar-refractivity contribution in [2.45, 2.75) is 39.4 Å². The van der Waals surface area contributed by atoms with E-state index in [1.54, 1.807) is 0 Å². The van der Waals surface area contributed by atoms with Crippen molar-refractivity contribution >= 4 is 13.3 Å². The molecule has 50 heavy (non-hydrogen) atoms. The summed E-state index contributed by atoms with van der Waals surface area (Å²) in [5.74, 6) is 0.272. The molecule has 0 N–H and O–H groups in total. The van der Waals surface area contributed by atoms with Gasteiger partial charge in [0.2, 0.25) is 0 Å². The first-order chi connectivity index (χ1) is 23.8. The molecule has 1 unspecified atom stereocenters. The fraction of sp³-hybridized carbons (Fsp3) is 0.130. The Morgan fingerprint density at radius 1 is 0.580 bits per heavy atom. The van der Waals surface area contributed by atoms with Crippen LogP contribution < -0.4 is 5.19 Å². The largest absolute Gasteiger partial charge is 0.305 e. The fourth-order valence-electron chi connectivity index (χ4n) is 5.84. The third-order valence-electron chi connectivity index (χ3n) is 8.85. The summed E-state index contributed by atoms with van der Waals surface area (Å²) in [6.45, 7) is 11.4. The van der Waals surface area contributed by atoms with Gasteiger partial charge in [0.25, 0.3) is 0 Å². The van der Waals surface area contributed by atoms with Gasteiger partial charge in [-0.05, 0) is 38.8 Å². The van der Waals surface area contributed by atoms with Crippen LogP contribution in [-0.4, -0.2) is 18.0 Å². The number of aryl methyl sites for hydroxylation is 1. The van der Waals surface area contributed by atoms with Crippen molar-refractivity contribution in [3.05, 3.63) is 187 Å². The molecule has 0 amide bonds. The van der Waals surface area contributed by atoms with Gasteiger partial charge >= 0.3 is 0 Å². The molecule has 0 aliphatic heterocycles. The normalized spacial score (nSPS) is 11.5. The van der Waals surface area contributed by atoms with Crippen molar-refractivity contribution in [3.63, 3.8) is 0 Å². The molecule has 251 valence electrons. The first-order valence-electron chi connectivity index (χ1n) is 16.9. The molecule has 2 heterocycles. The topological polar surface area (TPSA) is 25.8 Å². The van der Waals surface area contributed by atoms with Crippen LogP contribution in [0.4, 0.5) is 0 Å². The molecular formula is C46H42IrN2Si-2. The molecule has 1 radical (unpaired) electrons. The van der Waals surface area contributed by atoms with Crippen molar-refractivity contribution in [2.75, 3.05) is 0 Å². The predicted octanol–water partition coefficient (Wildman–Crippen LogP) is 11.4. The summed E-state index contributed by atoms with van der Waals surface area (Å²) < 4.78 is 0. The quantitative estimate of drug-likeness (QED) is 0.118. The van der Waals surface area contributed by atoms with Crippen LogP contribution in [0.25, 0.3) is 44.8 Å². The Balaban J connectivity index is 0.000000195. The second-order valence-corrected chi connectivity index (χ2v) is 18.6. The Labute approximate surface area is 312 Å². The average molecular weight is 843 g/mol. The molecule has 0 saturated heterocycles. The molecule has 0 spiro atoms. The summed E-state index contributed by atoms with van der Waals surface area (Å²) in [4.78, 5) is 9.41. The molecule has 1 atom stereocenters. The Bertz CT molecular complexity index is 2090. The van der Waals surface area contributed by atoms with E-state index in [-0.39, 0.29) is 26.0 Å². The molecule has 2 aromatic heterocycles. The Morgan fingerprint density at radius 2 is 1.22 bits per heavy atom. The monoisotopic (exact) mass is 843 g/mol. The van der Waals surface area contributed by atoms with Gasteiger partial charge in [-0.3, -0.25) is 0 Å². The van der Waals surface area contributed by atoms with Crippen LogP contribution in [0.1, 0.15) is 29.5 Å². The molecule has 5 aromatic carbocycles. The third kappa shape index (κ3) is 9.08. The summed E-state index contributed by atoms with van der Waals surface area (Å²) in [6.07, 6.45) is 4.04. The van der Waals surface area contributed by atoms with Crippen LogP contribution in [-0.2, 0) is 20.1 Å². The van der Waals surface area contributed by atoms with Crippen molar-refractivity contribution in [1.29, 1.82) is 0 Å². The van der Waals surface area contributed by atoms with E-state index in [1.165, 1.54) is 44.1 Å². The molecule has 0 fully saturated rings. The SMILES string of the molecule is C[Si](C)(C)c1ccc(-c2[c-]ccc(-c3ccccc3)c2)nc1.Cc1c[c-]c(-c2cc(C(C)c3ccccc3)c(-c3ccccc3)cn2)cc1.[Ir]. The van der Waals surface area contributed by atoms with Crippen molar-refractivity contribution in [1.82, 2.24) is 9.97 Å². The van der Waals surface area contributed by atoms with Crippen LogP contribution in [0, 0.1) is 19.1 Å². The third-order valence-corrected chi connectivity index (χ3v) is 10.9. The smallest absolute Gasteiger partial charge is 0.0795 e. The number of aromatic nitrogens is 2. The number of hydrogen-bond acceptors (Lipinski definition) is 2. The van der Waals surface area contributed by atoms with Crippen LogP contribution in [0.15, 0.2) is 158 Å². The maximum atomic E-state index is 4.76. The zero-order chi connectivity index (χ0) is 34.2. The Hall–Kier alpha value is -4.73. The summed E-state index contributed by atoms with van der Waals surface area (Å²) in [7, 11) is -1.29. The van der Waals surface area contributed by atoms with Crippen LogP contribution in [0.3, 0.4) is 0 Å². The van der Waals surface area contributed by atoms with Gasteiger partial charge in [0.05, 0.1) is 8.07 Å². The van der Waals surface area contributed by atoms with E-state index in [0.29, 0.717) is 0 Å². The van der Waals surface area contributed by atoms with E-state index in [1.807, 2.05) is 36.7 Å². The van der Waals surface area contributed by atoms with Crippen LogP contribution in [0.5, 0.6) is 0 Å². The second kappa shape index (κ2) is 16.8. The first kappa shape index (κ1) is 36.5. The zero-order valence-electron chi connectivity index (χ0n) is 29.3. The van der Waals surface area contributed by atoms with E-state index in [4.69, 9.17) is 4.98 Å². The van der Waals surface area contributed by atoms with Crippen molar-refractivity contribution in [3.8, 4) is 44.8 Å². The molecule has 0 saturated carbocycles. The zero-order valence-corrected chi connectivity index (χ0v) is 32.7. The predicted molar refractivity (Wildman–Crippen MR) is 210 cm³/mol. The molecule has 7 rings (SSSR count). The average Bonchev–Trinajstić information content (AvgIpc) is 3.16. The van der Waals surface area contributed by atoms with Gasteiger partial charge in [-0.1, -0.05) is 143 Å². The number of hydrogen-bond donors (Lipinski definition) is 0. The molecule has 2 nitrogen and oxygen atoms in total. The minimum Gasteiger partial charge on any atom is -0.305 e. The number of pyridine rings is 2. The van der Waals surface area contributed by atoms with Gasteiger partial charge in [0.15, 0.2) is 0 Å². The Kier molecular flexibility index (Phi) is 12.3. The molecule has 0 aliphatic carbocycles. The Morgan fingerprint density at radius 3 is 1.82 bits per heavy atom. The number of benzene rings is 5. The van der Waals surface area contributed by atoms with Gasteiger partial charge in [0, 0.05) is 44.0 Å². The second-order valence-electron chi connectivity index (χ2n) is 13.5. The van der Waals surface area contributed by atoms with E-state index >= 15 is 0 Å². The maximum Gasteiger partial charge on any atom is 0.0795 e. The summed E-state index contributed by atoms with van der Waals surface area (Å²) in [6, 6.07) is 57.2. The number of nitrogens with zero attached hydrogens (tertiary/aromatic N) is 2.